The lowest BCUT2D eigenvalue weighted by molar-refractivity contribution is 0.158. The third-order valence-corrected chi connectivity index (χ3v) is 2.37. The van der Waals surface area contributed by atoms with E-state index in [1.165, 1.54) is 6.33 Å². The first-order chi connectivity index (χ1) is 6.96. The van der Waals surface area contributed by atoms with Gasteiger partial charge in [-0.15, -0.1) is 0 Å². The average molecular weight is 230 g/mol. The van der Waals surface area contributed by atoms with Crippen molar-refractivity contribution >= 4 is 17.4 Å². The monoisotopic (exact) mass is 229 g/mol. The molecular formula is C10H16ClN3O. The fourth-order valence-electron chi connectivity index (χ4n) is 1.27. The van der Waals surface area contributed by atoms with Gasteiger partial charge in [0.25, 0.3) is 0 Å². The van der Waals surface area contributed by atoms with E-state index >= 15 is 0 Å². The zero-order valence-corrected chi connectivity index (χ0v) is 10.2. The van der Waals surface area contributed by atoms with Crippen LogP contribution in [0.5, 0.6) is 0 Å². The van der Waals surface area contributed by atoms with Crippen molar-refractivity contribution in [3.63, 3.8) is 0 Å². The number of hydrogen-bond donors (Lipinski definition) is 1. The van der Waals surface area contributed by atoms with Crippen LogP contribution in [-0.2, 0) is 4.74 Å². The second-order valence-corrected chi connectivity index (χ2v) is 4.44. The lowest BCUT2D eigenvalue weighted by Gasteiger charge is -2.26. The first-order valence-corrected chi connectivity index (χ1v) is 5.08. The minimum Gasteiger partial charge on any atom is -0.382 e. The Bertz CT molecular complexity index is 341. The molecule has 1 N–H and O–H groups in total. The maximum absolute atomic E-state index is 5.90. The second-order valence-electron chi connectivity index (χ2n) is 4.08. The van der Waals surface area contributed by atoms with Gasteiger partial charge in [0.05, 0.1) is 12.1 Å². The molecule has 0 unspecified atom stereocenters. The van der Waals surface area contributed by atoms with Gasteiger partial charge in [0, 0.05) is 12.7 Å². The molecule has 0 fully saturated rings. The SMILES string of the molecule is COCC(C)(C)Nc1ncnc(Cl)c1C. The van der Waals surface area contributed by atoms with Crippen LogP contribution in [-0.4, -0.2) is 29.2 Å². The molecule has 5 heteroatoms. The van der Waals surface area contributed by atoms with Crippen molar-refractivity contribution in [3.8, 4) is 0 Å². The number of nitrogens with zero attached hydrogens (tertiary/aromatic N) is 2. The summed E-state index contributed by atoms with van der Waals surface area (Å²) in [5.74, 6) is 0.747. The van der Waals surface area contributed by atoms with E-state index in [0.717, 1.165) is 11.4 Å². The topological polar surface area (TPSA) is 47.0 Å². The van der Waals surface area contributed by atoms with Crippen molar-refractivity contribution in [2.24, 2.45) is 0 Å². The van der Waals surface area contributed by atoms with E-state index in [-0.39, 0.29) is 5.54 Å². The van der Waals surface area contributed by atoms with Crippen LogP contribution >= 0.6 is 11.6 Å². The van der Waals surface area contributed by atoms with E-state index in [9.17, 15) is 0 Å². The maximum atomic E-state index is 5.90. The summed E-state index contributed by atoms with van der Waals surface area (Å²) >= 11 is 5.90. The van der Waals surface area contributed by atoms with Gasteiger partial charge in [0.2, 0.25) is 0 Å². The Labute approximate surface area is 95.0 Å². The molecule has 0 aromatic carbocycles. The van der Waals surface area contributed by atoms with Gasteiger partial charge in [-0.1, -0.05) is 11.6 Å². The minimum absolute atomic E-state index is 0.183. The van der Waals surface area contributed by atoms with E-state index in [4.69, 9.17) is 16.3 Å². The third-order valence-electron chi connectivity index (χ3n) is 1.98. The van der Waals surface area contributed by atoms with Crippen LogP contribution in [0.25, 0.3) is 0 Å². The molecule has 0 aliphatic heterocycles. The highest BCUT2D eigenvalue weighted by atomic mass is 35.5. The summed E-state index contributed by atoms with van der Waals surface area (Å²) in [6, 6.07) is 0. The Morgan fingerprint density at radius 3 is 2.73 bits per heavy atom. The van der Waals surface area contributed by atoms with Crippen molar-refractivity contribution < 1.29 is 4.74 Å². The van der Waals surface area contributed by atoms with Crippen molar-refractivity contribution in [3.05, 3.63) is 17.0 Å². The summed E-state index contributed by atoms with van der Waals surface area (Å²) in [5, 5.41) is 3.74. The van der Waals surface area contributed by atoms with Crippen LogP contribution in [0.1, 0.15) is 19.4 Å². The molecule has 0 radical (unpaired) electrons. The quantitative estimate of drug-likeness (QED) is 0.805. The fourth-order valence-corrected chi connectivity index (χ4v) is 1.41. The Hall–Kier alpha value is -0.870. The van der Waals surface area contributed by atoms with Crippen LogP contribution in [0, 0.1) is 6.92 Å². The second kappa shape index (κ2) is 4.77. The largest absolute Gasteiger partial charge is 0.382 e. The van der Waals surface area contributed by atoms with Gasteiger partial charge >= 0.3 is 0 Å². The standard InChI is InChI=1S/C10H16ClN3O/c1-7-8(11)12-6-13-9(7)14-10(2,3)5-15-4/h6H,5H2,1-4H3,(H,12,13,14). The van der Waals surface area contributed by atoms with Gasteiger partial charge in [0.15, 0.2) is 0 Å². The smallest absolute Gasteiger partial charge is 0.137 e. The van der Waals surface area contributed by atoms with Crippen molar-refractivity contribution in [2.75, 3.05) is 19.0 Å². The molecule has 0 spiro atoms. The van der Waals surface area contributed by atoms with Crippen molar-refractivity contribution in [2.45, 2.75) is 26.3 Å². The molecule has 1 heterocycles. The predicted octanol–water partition coefficient (Wildman–Crippen LogP) is 2.28. The average Bonchev–Trinajstić information content (AvgIpc) is 2.12. The number of ether oxygens (including phenoxy) is 1. The van der Waals surface area contributed by atoms with Gasteiger partial charge < -0.3 is 10.1 Å². The molecule has 84 valence electrons. The van der Waals surface area contributed by atoms with Crippen LogP contribution in [0.3, 0.4) is 0 Å². The molecule has 0 saturated carbocycles. The number of methoxy groups -OCH3 is 1. The van der Waals surface area contributed by atoms with E-state index in [1.807, 2.05) is 20.8 Å². The first-order valence-electron chi connectivity index (χ1n) is 4.70. The number of hydrogen-bond acceptors (Lipinski definition) is 4. The highest BCUT2D eigenvalue weighted by Gasteiger charge is 2.19. The Kier molecular flexibility index (Phi) is 3.88. The predicted molar refractivity (Wildman–Crippen MR) is 61.4 cm³/mol. The summed E-state index contributed by atoms with van der Waals surface area (Å²) in [7, 11) is 1.67. The Morgan fingerprint density at radius 1 is 1.47 bits per heavy atom. The number of halogens is 1. The minimum atomic E-state index is -0.183. The highest BCUT2D eigenvalue weighted by Crippen LogP contribution is 2.21. The molecule has 0 saturated heterocycles. The molecule has 1 aromatic rings. The lowest BCUT2D eigenvalue weighted by Crippen LogP contribution is -2.36. The summed E-state index contributed by atoms with van der Waals surface area (Å²) in [4.78, 5) is 8.04. The molecule has 0 aliphatic rings. The zero-order chi connectivity index (χ0) is 11.5. The summed E-state index contributed by atoms with van der Waals surface area (Å²) in [6.07, 6.45) is 1.44. The van der Waals surface area contributed by atoms with Gasteiger partial charge in [-0.2, -0.15) is 0 Å². The fraction of sp³-hybridized carbons (Fsp3) is 0.600. The molecule has 0 amide bonds. The molecule has 15 heavy (non-hydrogen) atoms. The Balaban J connectivity index is 2.85. The van der Waals surface area contributed by atoms with Crippen molar-refractivity contribution in [1.82, 2.24) is 9.97 Å². The lowest BCUT2D eigenvalue weighted by atomic mass is 10.1. The van der Waals surface area contributed by atoms with Gasteiger partial charge in [-0.25, -0.2) is 9.97 Å². The van der Waals surface area contributed by atoms with E-state index in [0.29, 0.717) is 11.8 Å². The summed E-state index contributed by atoms with van der Waals surface area (Å²) in [6.45, 7) is 6.54. The van der Waals surface area contributed by atoms with E-state index in [2.05, 4.69) is 15.3 Å². The Morgan fingerprint density at radius 2 is 2.13 bits per heavy atom. The van der Waals surface area contributed by atoms with E-state index < -0.39 is 0 Å². The maximum Gasteiger partial charge on any atom is 0.137 e. The number of nitrogens with one attached hydrogen (secondary N) is 1. The van der Waals surface area contributed by atoms with Crippen LogP contribution < -0.4 is 5.32 Å². The van der Waals surface area contributed by atoms with Gasteiger partial charge in [0.1, 0.15) is 17.3 Å². The molecule has 1 rings (SSSR count). The third kappa shape index (κ3) is 3.32. The zero-order valence-electron chi connectivity index (χ0n) is 9.47. The highest BCUT2D eigenvalue weighted by molar-refractivity contribution is 6.30. The molecule has 4 nitrogen and oxygen atoms in total. The number of anilines is 1. The van der Waals surface area contributed by atoms with Crippen LogP contribution in [0.15, 0.2) is 6.33 Å². The summed E-state index contributed by atoms with van der Waals surface area (Å²) < 4.78 is 5.11. The normalized spacial score (nSPS) is 11.5. The molecule has 1 aromatic heterocycles. The molecular weight excluding hydrogens is 214 g/mol. The van der Waals surface area contributed by atoms with E-state index in [1.54, 1.807) is 7.11 Å². The molecule has 0 bridgehead atoms. The summed E-state index contributed by atoms with van der Waals surface area (Å²) in [5.41, 5.74) is 0.667. The number of aromatic nitrogens is 2. The molecule has 0 aliphatic carbocycles. The van der Waals surface area contributed by atoms with Gasteiger partial charge in [-0.3, -0.25) is 0 Å². The first kappa shape index (κ1) is 12.2. The van der Waals surface area contributed by atoms with Crippen LogP contribution in [0.2, 0.25) is 5.15 Å². The molecule has 0 atom stereocenters. The number of rotatable bonds is 4. The van der Waals surface area contributed by atoms with Crippen LogP contribution in [0.4, 0.5) is 5.82 Å². The van der Waals surface area contributed by atoms with Crippen molar-refractivity contribution in [1.29, 1.82) is 0 Å². The van der Waals surface area contributed by atoms with Gasteiger partial charge in [-0.05, 0) is 20.8 Å².